The molecule has 0 saturated carbocycles. The van der Waals surface area contributed by atoms with Crippen molar-refractivity contribution in [2.45, 2.75) is 23.7 Å². The van der Waals surface area contributed by atoms with Gasteiger partial charge in [-0.3, -0.25) is 0 Å². The predicted octanol–water partition coefficient (Wildman–Crippen LogP) is 3.33. The number of aromatic nitrogens is 2. The summed E-state index contributed by atoms with van der Waals surface area (Å²) in [6.45, 7) is 0.687. The summed E-state index contributed by atoms with van der Waals surface area (Å²) in [5, 5.41) is 4.14. The molecular formula is C22H25N3O6S. The van der Waals surface area contributed by atoms with Gasteiger partial charge in [0.25, 0.3) is 5.89 Å². The molecule has 0 aliphatic carbocycles. The van der Waals surface area contributed by atoms with E-state index in [0.29, 0.717) is 49.1 Å². The van der Waals surface area contributed by atoms with Crippen molar-refractivity contribution in [1.29, 1.82) is 0 Å². The highest BCUT2D eigenvalue weighted by atomic mass is 32.2. The second kappa shape index (κ2) is 9.17. The predicted molar refractivity (Wildman–Crippen MR) is 117 cm³/mol. The van der Waals surface area contributed by atoms with Gasteiger partial charge >= 0.3 is 0 Å². The van der Waals surface area contributed by atoms with E-state index in [2.05, 4.69) is 10.1 Å². The second-order valence-electron chi connectivity index (χ2n) is 7.38. The zero-order valence-corrected chi connectivity index (χ0v) is 19.0. The Labute approximate surface area is 187 Å². The minimum Gasteiger partial charge on any atom is -0.497 e. The molecule has 0 atom stereocenters. The summed E-state index contributed by atoms with van der Waals surface area (Å²) in [5.74, 6) is 2.45. The fourth-order valence-electron chi connectivity index (χ4n) is 3.75. The standard InChI is InChI=1S/C22H25N3O6S/c1-28-17-6-4-5-16(13-17)22-23-21(24-31-22)15-9-11-25(12-10-15)32(26,27)20-14-18(29-2)7-8-19(20)30-3/h4-8,13-15H,9-12H2,1-3H3. The highest BCUT2D eigenvalue weighted by molar-refractivity contribution is 7.89. The molecule has 1 aliphatic rings. The maximum absolute atomic E-state index is 13.3. The number of methoxy groups -OCH3 is 3. The minimum atomic E-state index is -3.74. The molecule has 0 spiro atoms. The lowest BCUT2D eigenvalue weighted by Crippen LogP contribution is -2.38. The lowest BCUT2D eigenvalue weighted by molar-refractivity contribution is 0.305. The van der Waals surface area contributed by atoms with Crippen LogP contribution < -0.4 is 14.2 Å². The van der Waals surface area contributed by atoms with Crippen LogP contribution >= 0.6 is 0 Å². The van der Waals surface area contributed by atoms with Crippen LogP contribution in [0.2, 0.25) is 0 Å². The SMILES string of the molecule is COc1cccc(-c2nc(C3CCN(S(=O)(=O)c4cc(OC)ccc4OC)CC3)no2)c1. The summed E-state index contributed by atoms with van der Waals surface area (Å²) >= 11 is 0. The molecule has 9 nitrogen and oxygen atoms in total. The Morgan fingerprint density at radius 3 is 2.38 bits per heavy atom. The number of sulfonamides is 1. The fourth-order valence-corrected chi connectivity index (χ4v) is 5.39. The van der Waals surface area contributed by atoms with Crippen molar-refractivity contribution < 1.29 is 27.2 Å². The smallest absolute Gasteiger partial charge is 0.258 e. The number of rotatable bonds is 7. The number of piperidine rings is 1. The quantitative estimate of drug-likeness (QED) is 0.530. The molecule has 2 heterocycles. The monoisotopic (exact) mass is 459 g/mol. The number of nitrogens with zero attached hydrogens (tertiary/aromatic N) is 3. The molecule has 3 aromatic rings. The van der Waals surface area contributed by atoms with Gasteiger partial charge in [0.2, 0.25) is 10.0 Å². The van der Waals surface area contributed by atoms with Crippen LogP contribution in [-0.4, -0.2) is 57.3 Å². The van der Waals surface area contributed by atoms with Gasteiger partial charge in [0.15, 0.2) is 5.82 Å². The summed E-state index contributed by atoms with van der Waals surface area (Å²) in [4.78, 5) is 4.63. The van der Waals surface area contributed by atoms with Gasteiger partial charge in [0.05, 0.1) is 21.3 Å². The number of hydrogen-bond acceptors (Lipinski definition) is 8. The molecule has 10 heteroatoms. The molecule has 1 fully saturated rings. The zero-order chi connectivity index (χ0) is 22.7. The largest absolute Gasteiger partial charge is 0.497 e. The van der Waals surface area contributed by atoms with Gasteiger partial charge in [-0.15, -0.1) is 0 Å². The summed E-state index contributed by atoms with van der Waals surface area (Å²) < 4.78 is 49.1. The first-order chi connectivity index (χ1) is 15.5. The van der Waals surface area contributed by atoms with Gasteiger partial charge in [-0.25, -0.2) is 8.42 Å². The first-order valence-corrected chi connectivity index (χ1v) is 11.6. The van der Waals surface area contributed by atoms with Gasteiger partial charge in [-0.1, -0.05) is 11.2 Å². The summed E-state index contributed by atoms with van der Waals surface area (Å²) in [5.41, 5.74) is 0.772. The van der Waals surface area contributed by atoms with E-state index >= 15 is 0 Å². The highest BCUT2D eigenvalue weighted by Crippen LogP contribution is 2.35. The molecule has 0 unspecified atom stereocenters. The molecular weight excluding hydrogens is 434 g/mol. The van der Waals surface area contributed by atoms with Crippen molar-refractivity contribution in [2.24, 2.45) is 0 Å². The van der Waals surface area contributed by atoms with Gasteiger partial charge in [-0.05, 0) is 43.2 Å². The van der Waals surface area contributed by atoms with Crippen LogP contribution in [-0.2, 0) is 10.0 Å². The first kappa shape index (κ1) is 22.1. The van der Waals surface area contributed by atoms with E-state index in [0.717, 1.165) is 5.56 Å². The summed E-state index contributed by atoms with van der Waals surface area (Å²) in [6, 6.07) is 12.1. The van der Waals surface area contributed by atoms with E-state index in [9.17, 15) is 8.42 Å². The Kier molecular flexibility index (Phi) is 6.33. The molecule has 0 amide bonds. The molecule has 1 saturated heterocycles. The van der Waals surface area contributed by atoms with E-state index in [1.54, 1.807) is 19.2 Å². The third kappa shape index (κ3) is 4.28. The third-order valence-corrected chi connectivity index (χ3v) is 7.49. The molecule has 170 valence electrons. The first-order valence-electron chi connectivity index (χ1n) is 10.2. The van der Waals surface area contributed by atoms with Crippen molar-refractivity contribution in [2.75, 3.05) is 34.4 Å². The maximum Gasteiger partial charge on any atom is 0.258 e. The van der Waals surface area contributed by atoms with Crippen LogP contribution in [0.15, 0.2) is 51.9 Å². The van der Waals surface area contributed by atoms with E-state index in [1.807, 2.05) is 24.3 Å². The van der Waals surface area contributed by atoms with Gasteiger partial charge in [-0.2, -0.15) is 9.29 Å². The van der Waals surface area contributed by atoms with Gasteiger partial charge in [0, 0.05) is 30.6 Å². The van der Waals surface area contributed by atoms with Crippen molar-refractivity contribution in [3.8, 4) is 28.7 Å². The fraction of sp³-hybridized carbons (Fsp3) is 0.364. The molecule has 0 N–H and O–H groups in total. The number of hydrogen-bond donors (Lipinski definition) is 0. The minimum absolute atomic E-state index is 0.0109. The topological polar surface area (TPSA) is 104 Å². The van der Waals surface area contributed by atoms with Gasteiger partial charge in [0.1, 0.15) is 22.1 Å². The number of ether oxygens (including phenoxy) is 3. The molecule has 0 bridgehead atoms. The van der Waals surface area contributed by atoms with Crippen LogP contribution in [0.3, 0.4) is 0 Å². The average molecular weight is 460 g/mol. The van der Waals surface area contributed by atoms with Crippen molar-refractivity contribution >= 4 is 10.0 Å². The molecule has 2 aromatic carbocycles. The Morgan fingerprint density at radius 1 is 0.969 bits per heavy atom. The molecule has 0 radical (unpaired) electrons. The van der Waals surface area contributed by atoms with Gasteiger partial charge < -0.3 is 18.7 Å². The van der Waals surface area contributed by atoms with Crippen LogP contribution in [0.4, 0.5) is 0 Å². The normalized spacial score (nSPS) is 15.5. The molecule has 1 aromatic heterocycles. The lowest BCUT2D eigenvalue weighted by Gasteiger charge is -2.30. The van der Waals surface area contributed by atoms with E-state index in [1.165, 1.54) is 24.6 Å². The van der Waals surface area contributed by atoms with E-state index in [-0.39, 0.29) is 16.6 Å². The third-order valence-electron chi connectivity index (χ3n) is 5.57. The summed E-state index contributed by atoms with van der Waals surface area (Å²) in [7, 11) is 0.802. The zero-order valence-electron chi connectivity index (χ0n) is 18.1. The Balaban J connectivity index is 1.48. The Bertz CT molecular complexity index is 1190. The van der Waals surface area contributed by atoms with Crippen LogP contribution in [0.1, 0.15) is 24.6 Å². The molecule has 32 heavy (non-hydrogen) atoms. The maximum atomic E-state index is 13.3. The van der Waals surface area contributed by atoms with Crippen LogP contribution in [0.5, 0.6) is 17.2 Å². The molecule has 1 aliphatic heterocycles. The number of benzene rings is 2. The second-order valence-corrected chi connectivity index (χ2v) is 9.29. The Morgan fingerprint density at radius 2 is 1.69 bits per heavy atom. The highest BCUT2D eigenvalue weighted by Gasteiger charge is 2.33. The Hall–Kier alpha value is -3.11. The average Bonchev–Trinajstić information content (AvgIpc) is 3.34. The molecule has 4 rings (SSSR count). The lowest BCUT2D eigenvalue weighted by atomic mass is 9.97. The van der Waals surface area contributed by atoms with Crippen molar-refractivity contribution in [1.82, 2.24) is 14.4 Å². The van der Waals surface area contributed by atoms with E-state index < -0.39 is 10.0 Å². The summed E-state index contributed by atoms with van der Waals surface area (Å²) in [6.07, 6.45) is 1.17. The van der Waals surface area contributed by atoms with Crippen LogP contribution in [0.25, 0.3) is 11.5 Å². The van der Waals surface area contributed by atoms with Crippen LogP contribution in [0, 0.1) is 0 Å². The van der Waals surface area contributed by atoms with Crippen molar-refractivity contribution in [3.05, 3.63) is 48.3 Å². The van der Waals surface area contributed by atoms with Crippen molar-refractivity contribution in [3.63, 3.8) is 0 Å². The van der Waals surface area contributed by atoms with E-state index in [4.69, 9.17) is 18.7 Å².